The van der Waals surface area contributed by atoms with Gasteiger partial charge in [0.1, 0.15) is 11.3 Å². The smallest absolute Gasteiger partial charge is 0.221 e. The third kappa shape index (κ3) is 1.55. The van der Waals surface area contributed by atoms with Crippen molar-refractivity contribution in [2.75, 3.05) is 12.8 Å². The van der Waals surface area contributed by atoms with Crippen molar-refractivity contribution < 1.29 is 4.74 Å². The van der Waals surface area contributed by atoms with Crippen LogP contribution in [0.15, 0.2) is 30.6 Å². The number of methoxy groups -OCH3 is 1. The molecule has 3 N–H and O–H groups in total. The number of hydrogen-bond acceptors (Lipinski definition) is 5. The molecule has 6 heteroatoms. The molecule has 90 valence electrons. The highest BCUT2D eigenvalue weighted by atomic mass is 16.5. The van der Waals surface area contributed by atoms with Gasteiger partial charge in [-0.05, 0) is 6.07 Å². The van der Waals surface area contributed by atoms with Gasteiger partial charge >= 0.3 is 0 Å². The standard InChI is InChI=1S/C12H11N5O/c1-18-9-4-2-3-8-10(7-5-14-15-6-7)16-12(13)17-11(8)9/h2-6H,1H3,(H,14,15)(H2,13,16,17). The van der Waals surface area contributed by atoms with Crippen LogP contribution >= 0.6 is 0 Å². The van der Waals surface area contributed by atoms with Gasteiger partial charge in [0.15, 0.2) is 0 Å². The number of H-pyrrole nitrogens is 1. The van der Waals surface area contributed by atoms with Gasteiger partial charge in [0.2, 0.25) is 5.95 Å². The summed E-state index contributed by atoms with van der Waals surface area (Å²) in [6.07, 6.45) is 3.46. The molecule has 2 heterocycles. The third-order valence-corrected chi connectivity index (χ3v) is 2.70. The van der Waals surface area contributed by atoms with Crippen molar-refractivity contribution in [3.63, 3.8) is 0 Å². The van der Waals surface area contributed by atoms with Crippen LogP contribution in [0.25, 0.3) is 22.2 Å². The number of rotatable bonds is 2. The summed E-state index contributed by atoms with van der Waals surface area (Å²) >= 11 is 0. The van der Waals surface area contributed by atoms with E-state index in [0.717, 1.165) is 16.6 Å². The molecule has 0 amide bonds. The maximum atomic E-state index is 5.75. The van der Waals surface area contributed by atoms with Gasteiger partial charge in [-0.2, -0.15) is 5.10 Å². The molecule has 0 atom stereocenters. The fourth-order valence-electron chi connectivity index (χ4n) is 1.91. The van der Waals surface area contributed by atoms with E-state index in [2.05, 4.69) is 20.2 Å². The fraction of sp³-hybridized carbons (Fsp3) is 0.0833. The Morgan fingerprint density at radius 2 is 2.17 bits per heavy atom. The van der Waals surface area contributed by atoms with Gasteiger partial charge in [0.25, 0.3) is 0 Å². The van der Waals surface area contributed by atoms with Gasteiger partial charge in [0, 0.05) is 17.1 Å². The SMILES string of the molecule is COc1cccc2c(-c3cn[nH]c3)nc(N)nc12. The first-order chi connectivity index (χ1) is 8.79. The zero-order chi connectivity index (χ0) is 12.5. The van der Waals surface area contributed by atoms with Gasteiger partial charge in [-0.1, -0.05) is 12.1 Å². The molecule has 0 saturated carbocycles. The van der Waals surface area contributed by atoms with Crippen molar-refractivity contribution in [2.24, 2.45) is 0 Å². The molecule has 0 unspecified atom stereocenters. The Morgan fingerprint density at radius 1 is 1.28 bits per heavy atom. The highest BCUT2D eigenvalue weighted by Gasteiger charge is 2.12. The topological polar surface area (TPSA) is 89.7 Å². The summed E-state index contributed by atoms with van der Waals surface area (Å²) in [5.74, 6) is 0.884. The summed E-state index contributed by atoms with van der Waals surface area (Å²) in [7, 11) is 1.60. The number of nitrogens with one attached hydrogen (secondary N) is 1. The maximum absolute atomic E-state index is 5.75. The van der Waals surface area contributed by atoms with Crippen molar-refractivity contribution in [3.8, 4) is 17.0 Å². The number of aromatic amines is 1. The van der Waals surface area contributed by atoms with E-state index in [0.29, 0.717) is 11.3 Å². The average molecular weight is 241 g/mol. The molecule has 0 spiro atoms. The number of aromatic nitrogens is 4. The van der Waals surface area contributed by atoms with Crippen LogP contribution in [-0.2, 0) is 0 Å². The Bertz CT molecular complexity index is 693. The third-order valence-electron chi connectivity index (χ3n) is 2.70. The minimum Gasteiger partial charge on any atom is -0.494 e. The molecule has 18 heavy (non-hydrogen) atoms. The van der Waals surface area contributed by atoms with Gasteiger partial charge in [0.05, 0.1) is 19.0 Å². The number of nitrogen functional groups attached to an aromatic ring is 1. The molecule has 1 aromatic carbocycles. The number of benzene rings is 1. The first kappa shape index (κ1) is 10.5. The summed E-state index contributed by atoms with van der Waals surface area (Å²) in [6.45, 7) is 0. The molecule has 6 nitrogen and oxygen atoms in total. The summed E-state index contributed by atoms with van der Waals surface area (Å²) < 4.78 is 5.29. The quantitative estimate of drug-likeness (QED) is 0.711. The zero-order valence-electron chi connectivity index (χ0n) is 9.71. The largest absolute Gasteiger partial charge is 0.494 e. The Morgan fingerprint density at radius 3 is 2.89 bits per heavy atom. The molecule has 0 aliphatic carbocycles. The molecule has 3 rings (SSSR count). The van der Waals surface area contributed by atoms with E-state index < -0.39 is 0 Å². The van der Waals surface area contributed by atoms with Crippen LogP contribution in [-0.4, -0.2) is 27.3 Å². The van der Waals surface area contributed by atoms with Crippen LogP contribution in [0.1, 0.15) is 0 Å². The molecule has 0 radical (unpaired) electrons. The van der Waals surface area contributed by atoms with E-state index in [1.807, 2.05) is 18.2 Å². The van der Waals surface area contributed by atoms with Crippen LogP contribution < -0.4 is 10.5 Å². The van der Waals surface area contributed by atoms with Crippen LogP contribution in [0.2, 0.25) is 0 Å². The predicted molar refractivity (Wildman–Crippen MR) is 68.1 cm³/mol. The van der Waals surface area contributed by atoms with Crippen molar-refractivity contribution >= 4 is 16.9 Å². The minimum atomic E-state index is 0.211. The maximum Gasteiger partial charge on any atom is 0.221 e. The predicted octanol–water partition coefficient (Wildman–Crippen LogP) is 1.61. The number of anilines is 1. The van der Waals surface area contributed by atoms with E-state index in [-0.39, 0.29) is 5.95 Å². The number of fused-ring (bicyclic) bond motifs is 1. The van der Waals surface area contributed by atoms with Gasteiger partial charge in [-0.15, -0.1) is 0 Å². The second-order valence-electron chi connectivity index (χ2n) is 3.77. The Balaban J connectivity index is 2.39. The second-order valence-corrected chi connectivity index (χ2v) is 3.77. The van der Waals surface area contributed by atoms with E-state index in [1.165, 1.54) is 0 Å². The Hall–Kier alpha value is -2.63. The van der Waals surface area contributed by atoms with Crippen molar-refractivity contribution in [1.82, 2.24) is 20.2 Å². The Kier molecular flexibility index (Phi) is 2.33. The van der Waals surface area contributed by atoms with Crippen molar-refractivity contribution in [2.45, 2.75) is 0 Å². The molecule has 0 bridgehead atoms. The molecule has 0 fully saturated rings. The number of nitrogens with zero attached hydrogens (tertiary/aromatic N) is 3. The van der Waals surface area contributed by atoms with E-state index in [4.69, 9.17) is 10.5 Å². The number of nitrogens with two attached hydrogens (primary N) is 1. The number of hydrogen-bond donors (Lipinski definition) is 2. The lowest BCUT2D eigenvalue weighted by atomic mass is 10.1. The van der Waals surface area contributed by atoms with Gasteiger partial charge < -0.3 is 10.5 Å². The lowest BCUT2D eigenvalue weighted by Crippen LogP contribution is -1.99. The molecular weight excluding hydrogens is 230 g/mol. The molecule has 0 aliphatic rings. The average Bonchev–Trinajstić information content (AvgIpc) is 2.90. The van der Waals surface area contributed by atoms with E-state index in [1.54, 1.807) is 19.5 Å². The van der Waals surface area contributed by atoms with Crippen LogP contribution in [0.3, 0.4) is 0 Å². The number of ether oxygens (including phenoxy) is 1. The molecule has 0 aliphatic heterocycles. The Labute approximate surface area is 103 Å². The lowest BCUT2D eigenvalue weighted by Gasteiger charge is -2.08. The highest BCUT2D eigenvalue weighted by Crippen LogP contribution is 2.30. The molecule has 0 saturated heterocycles. The lowest BCUT2D eigenvalue weighted by molar-refractivity contribution is 0.419. The van der Waals surface area contributed by atoms with Crippen LogP contribution in [0.5, 0.6) is 5.75 Å². The first-order valence-corrected chi connectivity index (χ1v) is 5.39. The first-order valence-electron chi connectivity index (χ1n) is 5.39. The molecule has 3 aromatic rings. The minimum absolute atomic E-state index is 0.211. The monoisotopic (exact) mass is 241 g/mol. The summed E-state index contributed by atoms with van der Waals surface area (Å²) in [5, 5.41) is 7.56. The summed E-state index contributed by atoms with van der Waals surface area (Å²) in [6, 6.07) is 5.66. The van der Waals surface area contributed by atoms with Crippen LogP contribution in [0.4, 0.5) is 5.95 Å². The van der Waals surface area contributed by atoms with Crippen molar-refractivity contribution in [3.05, 3.63) is 30.6 Å². The summed E-state index contributed by atoms with van der Waals surface area (Å²) in [5.41, 5.74) is 8.05. The fourth-order valence-corrected chi connectivity index (χ4v) is 1.91. The highest BCUT2D eigenvalue weighted by molar-refractivity contribution is 5.96. The summed E-state index contributed by atoms with van der Waals surface area (Å²) in [4.78, 5) is 8.50. The zero-order valence-corrected chi connectivity index (χ0v) is 9.71. The number of para-hydroxylation sites is 1. The van der Waals surface area contributed by atoms with Crippen molar-refractivity contribution in [1.29, 1.82) is 0 Å². The normalized spacial score (nSPS) is 10.7. The second kappa shape index (κ2) is 3.99. The van der Waals surface area contributed by atoms with E-state index >= 15 is 0 Å². The molecular formula is C12H11N5O. The van der Waals surface area contributed by atoms with Crippen LogP contribution in [0, 0.1) is 0 Å². The van der Waals surface area contributed by atoms with Gasteiger partial charge in [-0.3, -0.25) is 5.10 Å². The van der Waals surface area contributed by atoms with Gasteiger partial charge in [-0.25, -0.2) is 9.97 Å². The van der Waals surface area contributed by atoms with E-state index in [9.17, 15) is 0 Å². The molecule has 2 aromatic heterocycles.